The van der Waals surface area contributed by atoms with Crippen LogP contribution in [0.3, 0.4) is 0 Å². The van der Waals surface area contributed by atoms with Crippen LogP contribution < -0.4 is 14.8 Å². The minimum atomic E-state index is -1.04. The van der Waals surface area contributed by atoms with Gasteiger partial charge in [-0.1, -0.05) is 6.07 Å². The Morgan fingerprint density at radius 1 is 1.26 bits per heavy atom. The molecule has 2 N–H and O–H groups in total. The molecule has 2 rings (SSSR count). The minimum Gasteiger partial charge on any atom is -0.480 e. The average molecular weight is 265 g/mol. The van der Waals surface area contributed by atoms with Gasteiger partial charge >= 0.3 is 5.97 Å². The van der Waals surface area contributed by atoms with E-state index in [2.05, 4.69) is 5.32 Å². The van der Waals surface area contributed by atoms with Gasteiger partial charge in [-0.25, -0.2) is 0 Å². The second-order valence-corrected chi connectivity index (χ2v) is 4.21. The molecule has 0 saturated carbocycles. The van der Waals surface area contributed by atoms with Gasteiger partial charge in [-0.05, 0) is 30.5 Å². The molecular weight excluding hydrogens is 250 g/mol. The Kier molecular flexibility index (Phi) is 4.22. The fourth-order valence-electron chi connectivity index (χ4n) is 1.81. The van der Waals surface area contributed by atoms with Gasteiger partial charge in [0.25, 0.3) is 0 Å². The molecule has 1 aliphatic heterocycles. The second-order valence-electron chi connectivity index (χ2n) is 4.21. The molecule has 102 valence electrons. The van der Waals surface area contributed by atoms with Gasteiger partial charge in [-0.15, -0.1) is 0 Å². The second kappa shape index (κ2) is 6.08. The standard InChI is InChI=1S/C13H15NO5/c15-12(14-7-13(16)17)3-1-2-9-4-5-10-11(6-9)19-8-18-10/h4-6H,1-3,7-8H2,(H,14,15)(H,16,17). The number of aliphatic carboxylic acids is 1. The summed E-state index contributed by atoms with van der Waals surface area (Å²) in [6.07, 6.45) is 1.70. The number of rotatable bonds is 6. The molecule has 0 radical (unpaired) electrons. The predicted octanol–water partition coefficient (Wildman–Crippen LogP) is 0.939. The van der Waals surface area contributed by atoms with Crippen molar-refractivity contribution in [1.29, 1.82) is 0 Å². The predicted molar refractivity (Wildman–Crippen MR) is 66.1 cm³/mol. The van der Waals surface area contributed by atoms with Crippen molar-refractivity contribution in [2.24, 2.45) is 0 Å². The van der Waals surface area contributed by atoms with Crippen molar-refractivity contribution >= 4 is 11.9 Å². The molecule has 0 saturated heterocycles. The first kappa shape index (κ1) is 13.2. The molecule has 0 unspecified atom stereocenters. The van der Waals surface area contributed by atoms with Gasteiger partial charge in [-0.3, -0.25) is 9.59 Å². The smallest absolute Gasteiger partial charge is 0.322 e. The van der Waals surface area contributed by atoms with E-state index in [1.807, 2.05) is 18.2 Å². The minimum absolute atomic E-state index is 0.246. The first-order valence-corrected chi connectivity index (χ1v) is 6.02. The van der Waals surface area contributed by atoms with E-state index >= 15 is 0 Å². The number of carboxylic acid groups (broad SMARTS) is 1. The zero-order valence-electron chi connectivity index (χ0n) is 10.3. The molecule has 6 nitrogen and oxygen atoms in total. The van der Waals surface area contributed by atoms with Crippen LogP contribution in [0.1, 0.15) is 18.4 Å². The largest absolute Gasteiger partial charge is 0.480 e. The third-order valence-corrected chi connectivity index (χ3v) is 2.74. The molecule has 0 fully saturated rings. The van der Waals surface area contributed by atoms with Gasteiger partial charge < -0.3 is 19.9 Å². The normalized spacial score (nSPS) is 12.2. The summed E-state index contributed by atoms with van der Waals surface area (Å²) in [4.78, 5) is 21.6. The Hall–Kier alpha value is -2.24. The van der Waals surface area contributed by atoms with Crippen LogP contribution in [0.15, 0.2) is 18.2 Å². The molecule has 1 heterocycles. The lowest BCUT2D eigenvalue weighted by atomic mass is 10.1. The quantitative estimate of drug-likeness (QED) is 0.799. The maximum absolute atomic E-state index is 11.3. The molecule has 0 aliphatic carbocycles. The number of hydrogen-bond acceptors (Lipinski definition) is 4. The highest BCUT2D eigenvalue weighted by atomic mass is 16.7. The van der Waals surface area contributed by atoms with E-state index in [0.717, 1.165) is 23.5 Å². The number of carbonyl (C=O) groups excluding carboxylic acids is 1. The number of carboxylic acids is 1. The van der Waals surface area contributed by atoms with E-state index in [-0.39, 0.29) is 19.2 Å². The highest BCUT2D eigenvalue weighted by molar-refractivity contribution is 5.81. The molecule has 0 spiro atoms. The van der Waals surface area contributed by atoms with Gasteiger partial charge in [0, 0.05) is 6.42 Å². The van der Waals surface area contributed by atoms with Crippen LogP contribution in [0.4, 0.5) is 0 Å². The Labute approximate surface area is 110 Å². The maximum atomic E-state index is 11.3. The molecular formula is C13H15NO5. The first-order chi connectivity index (χ1) is 9.15. The monoisotopic (exact) mass is 265 g/mol. The average Bonchev–Trinajstić information content (AvgIpc) is 2.83. The summed E-state index contributed by atoms with van der Waals surface area (Å²) in [5.41, 5.74) is 1.07. The van der Waals surface area contributed by atoms with E-state index in [0.29, 0.717) is 12.8 Å². The third kappa shape index (κ3) is 3.87. The summed E-state index contributed by atoms with van der Waals surface area (Å²) < 4.78 is 10.5. The maximum Gasteiger partial charge on any atom is 0.322 e. The van der Waals surface area contributed by atoms with Crippen LogP contribution >= 0.6 is 0 Å². The van der Waals surface area contributed by atoms with Gasteiger partial charge in [0.2, 0.25) is 12.7 Å². The number of amides is 1. The highest BCUT2D eigenvalue weighted by Crippen LogP contribution is 2.32. The summed E-state index contributed by atoms with van der Waals surface area (Å²) in [5.74, 6) is 0.183. The van der Waals surface area contributed by atoms with E-state index in [9.17, 15) is 9.59 Å². The molecule has 1 aliphatic rings. The summed E-state index contributed by atoms with van der Waals surface area (Å²) in [5, 5.41) is 10.7. The Balaban J connectivity index is 1.74. The van der Waals surface area contributed by atoms with Crippen molar-refractivity contribution in [3.63, 3.8) is 0 Å². The number of ether oxygens (including phenoxy) is 2. The van der Waals surface area contributed by atoms with Crippen LogP contribution in [0.5, 0.6) is 11.5 Å². The van der Waals surface area contributed by atoms with E-state index in [1.165, 1.54) is 0 Å². The number of aryl methyl sites for hydroxylation is 1. The summed E-state index contributed by atoms with van der Waals surface area (Å²) in [6.45, 7) is -0.0841. The number of carbonyl (C=O) groups is 2. The zero-order valence-corrected chi connectivity index (χ0v) is 10.3. The van der Waals surface area contributed by atoms with E-state index in [4.69, 9.17) is 14.6 Å². The summed E-state index contributed by atoms with van der Waals surface area (Å²) in [6, 6.07) is 5.68. The fraction of sp³-hybridized carbons (Fsp3) is 0.385. The van der Waals surface area contributed by atoms with Gasteiger partial charge in [-0.2, -0.15) is 0 Å². The molecule has 0 bridgehead atoms. The van der Waals surface area contributed by atoms with Gasteiger partial charge in [0.05, 0.1) is 0 Å². The topological polar surface area (TPSA) is 84.9 Å². The lowest BCUT2D eigenvalue weighted by molar-refractivity contribution is -0.137. The third-order valence-electron chi connectivity index (χ3n) is 2.74. The number of benzene rings is 1. The molecule has 1 aromatic carbocycles. The van der Waals surface area contributed by atoms with Crippen molar-refractivity contribution in [3.8, 4) is 11.5 Å². The number of fused-ring (bicyclic) bond motifs is 1. The van der Waals surface area contributed by atoms with Crippen molar-refractivity contribution in [2.45, 2.75) is 19.3 Å². The highest BCUT2D eigenvalue weighted by Gasteiger charge is 2.13. The van der Waals surface area contributed by atoms with Crippen molar-refractivity contribution < 1.29 is 24.2 Å². The van der Waals surface area contributed by atoms with Crippen LogP contribution in [0.25, 0.3) is 0 Å². The molecule has 1 amide bonds. The van der Waals surface area contributed by atoms with Crippen molar-refractivity contribution in [2.75, 3.05) is 13.3 Å². The first-order valence-electron chi connectivity index (χ1n) is 6.02. The molecule has 1 aromatic rings. The van der Waals surface area contributed by atoms with Crippen LogP contribution in [0, 0.1) is 0 Å². The van der Waals surface area contributed by atoms with Gasteiger partial charge in [0.1, 0.15) is 6.54 Å². The Morgan fingerprint density at radius 3 is 2.84 bits per heavy atom. The fourth-order valence-corrected chi connectivity index (χ4v) is 1.81. The lowest BCUT2D eigenvalue weighted by Crippen LogP contribution is -2.28. The van der Waals surface area contributed by atoms with Crippen molar-refractivity contribution in [3.05, 3.63) is 23.8 Å². The van der Waals surface area contributed by atoms with E-state index < -0.39 is 5.97 Å². The summed E-state index contributed by atoms with van der Waals surface area (Å²) >= 11 is 0. The zero-order chi connectivity index (χ0) is 13.7. The number of nitrogens with one attached hydrogen (secondary N) is 1. The molecule has 0 aromatic heterocycles. The molecule has 19 heavy (non-hydrogen) atoms. The molecule has 0 atom stereocenters. The van der Waals surface area contributed by atoms with E-state index in [1.54, 1.807) is 0 Å². The van der Waals surface area contributed by atoms with Crippen LogP contribution in [-0.4, -0.2) is 30.3 Å². The lowest BCUT2D eigenvalue weighted by Gasteiger charge is -2.04. The molecule has 6 heteroatoms. The van der Waals surface area contributed by atoms with Crippen molar-refractivity contribution in [1.82, 2.24) is 5.32 Å². The number of hydrogen-bond donors (Lipinski definition) is 2. The van der Waals surface area contributed by atoms with Crippen LogP contribution in [0.2, 0.25) is 0 Å². The Bertz CT molecular complexity index is 486. The SMILES string of the molecule is O=C(O)CNC(=O)CCCc1ccc2c(c1)OCO2. The Morgan fingerprint density at radius 2 is 2.05 bits per heavy atom. The van der Waals surface area contributed by atoms with Gasteiger partial charge in [0.15, 0.2) is 11.5 Å². The van der Waals surface area contributed by atoms with Crippen LogP contribution in [-0.2, 0) is 16.0 Å². The summed E-state index contributed by atoms with van der Waals surface area (Å²) in [7, 11) is 0.